The molecule has 0 unspecified atom stereocenters. The summed E-state index contributed by atoms with van der Waals surface area (Å²) in [4.78, 5) is 0. The van der Waals surface area contributed by atoms with Crippen LogP contribution < -0.4 is 0 Å². The third-order valence-electron chi connectivity index (χ3n) is 0.872. The van der Waals surface area contributed by atoms with Crippen molar-refractivity contribution in [2.75, 3.05) is 0 Å². The summed E-state index contributed by atoms with van der Waals surface area (Å²) in [5.74, 6) is 0.322. The van der Waals surface area contributed by atoms with Gasteiger partial charge in [-0.3, -0.25) is 0 Å². The highest BCUT2D eigenvalue weighted by Crippen LogP contribution is 2.02. The van der Waals surface area contributed by atoms with Crippen molar-refractivity contribution in [2.45, 2.75) is 6.92 Å². The second-order valence-electron chi connectivity index (χ2n) is 1.71. The van der Waals surface area contributed by atoms with E-state index in [0.29, 0.717) is 5.75 Å². The number of phenols is 1. The summed E-state index contributed by atoms with van der Waals surface area (Å²) in [6.07, 6.45) is 1.31. The quantitative estimate of drug-likeness (QED) is 0.339. The van der Waals surface area contributed by atoms with E-state index in [0.717, 1.165) is 0 Å². The van der Waals surface area contributed by atoms with Gasteiger partial charge in [0.15, 0.2) is 0 Å². The van der Waals surface area contributed by atoms with Gasteiger partial charge in [-0.2, -0.15) is 0 Å². The molecule has 0 aliphatic heterocycles. The molecule has 11 heavy (non-hydrogen) atoms. The number of oxime groups is 1. The predicted molar refractivity (Wildman–Crippen MR) is 44.1 cm³/mol. The smallest absolute Gasteiger partial charge is 0.115 e. The Morgan fingerprint density at radius 3 is 1.91 bits per heavy atom. The summed E-state index contributed by atoms with van der Waals surface area (Å²) >= 11 is 0. The fourth-order valence-electron chi connectivity index (χ4n) is 0.428. The topological polar surface area (TPSA) is 52.8 Å². The molecule has 0 radical (unpaired) electrons. The Balaban J connectivity index is 0.000000218. The molecule has 0 aliphatic rings. The van der Waals surface area contributed by atoms with E-state index in [1.54, 1.807) is 31.2 Å². The zero-order chi connectivity index (χ0) is 8.53. The highest BCUT2D eigenvalue weighted by atomic mass is 16.4. The fraction of sp³-hybridized carbons (Fsp3) is 0.125. The third kappa shape index (κ3) is 6.37. The lowest BCUT2D eigenvalue weighted by Crippen LogP contribution is -1.56. The van der Waals surface area contributed by atoms with Gasteiger partial charge in [0.1, 0.15) is 5.75 Å². The maximum atomic E-state index is 8.63. The predicted octanol–water partition coefficient (Wildman–Crippen LogP) is 1.86. The van der Waals surface area contributed by atoms with E-state index in [4.69, 9.17) is 10.3 Å². The van der Waals surface area contributed by atoms with Crippen LogP contribution in [0, 0.1) is 0 Å². The van der Waals surface area contributed by atoms with Gasteiger partial charge in [0, 0.05) is 6.21 Å². The summed E-state index contributed by atoms with van der Waals surface area (Å²) in [7, 11) is 0. The average molecular weight is 153 g/mol. The number of nitrogens with zero attached hydrogens (tertiary/aromatic N) is 1. The number of hydrogen-bond donors (Lipinski definition) is 2. The van der Waals surface area contributed by atoms with Crippen LogP contribution in [0.25, 0.3) is 0 Å². The first-order valence-electron chi connectivity index (χ1n) is 3.17. The Morgan fingerprint density at radius 1 is 1.27 bits per heavy atom. The van der Waals surface area contributed by atoms with Gasteiger partial charge in [0.05, 0.1) is 0 Å². The maximum Gasteiger partial charge on any atom is 0.115 e. The molecule has 1 aromatic rings. The van der Waals surface area contributed by atoms with Crippen LogP contribution in [0.1, 0.15) is 6.92 Å². The van der Waals surface area contributed by atoms with Crippen LogP contribution in [0.5, 0.6) is 5.75 Å². The third-order valence-corrected chi connectivity index (χ3v) is 0.872. The lowest BCUT2D eigenvalue weighted by Gasteiger charge is -1.82. The number of rotatable bonds is 0. The molecule has 3 heteroatoms. The Bertz CT molecular complexity index is 193. The molecule has 1 rings (SSSR count). The molecule has 0 saturated carbocycles. The summed E-state index contributed by atoms with van der Waals surface area (Å²) < 4.78 is 0. The van der Waals surface area contributed by atoms with Crippen LogP contribution in [-0.2, 0) is 0 Å². The summed E-state index contributed by atoms with van der Waals surface area (Å²) in [6.45, 7) is 1.64. The number of phenolic OH excluding ortho intramolecular Hbond substituents is 1. The van der Waals surface area contributed by atoms with Gasteiger partial charge >= 0.3 is 0 Å². The van der Waals surface area contributed by atoms with Gasteiger partial charge in [-0.25, -0.2) is 0 Å². The summed E-state index contributed by atoms with van der Waals surface area (Å²) in [5.41, 5.74) is 0. The largest absolute Gasteiger partial charge is 0.508 e. The number of benzene rings is 1. The van der Waals surface area contributed by atoms with E-state index in [1.165, 1.54) is 6.21 Å². The van der Waals surface area contributed by atoms with Crippen molar-refractivity contribution in [2.24, 2.45) is 5.16 Å². The Hall–Kier alpha value is -1.51. The van der Waals surface area contributed by atoms with Crippen molar-refractivity contribution in [3.8, 4) is 5.75 Å². The normalized spacial score (nSPS) is 8.82. The molecular weight excluding hydrogens is 142 g/mol. The minimum Gasteiger partial charge on any atom is -0.508 e. The van der Waals surface area contributed by atoms with E-state index in [-0.39, 0.29) is 0 Å². The monoisotopic (exact) mass is 153 g/mol. The first-order chi connectivity index (χ1) is 5.31. The second-order valence-corrected chi connectivity index (χ2v) is 1.71. The van der Waals surface area contributed by atoms with Crippen molar-refractivity contribution in [3.63, 3.8) is 0 Å². The van der Waals surface area contributed by atoms with Crippen molar-refractivity contribution >= 4 is 6.21 Å². The SMILES string of the molecule is CC=NO.Oc1ccccc1. The zero-order valence-electron chi connectivity index (χ0n) is 6.31. The number of para-hydroxylation sites is 1. The Morgan fingerprint density at radius 2 is 1.73 bits per heavy atom. The fourth-order valence-corrected chi connectivity index (χ4v) is 0.428. The van der Waals surface area contributed by atoms with Gasteiger partial charge in [-0.05, 0) is 19.1 Å². The Labute approximate surface area is 65.6 Å². The van der Waals surface area contributed by atoms with Gasteiger partial charge in [0.25, 0.3) is 0 Å². The summed E-state index contributed by atoms with van der Waals surface area (Å²) in [6, 6.07) is 8.71. The van der Waals surface area contributed by atoms with Crippen molar-refractivity contribution in [1.29, 1.82) is 0 Å². The van der Waals surface area contributed by atoms with E-state index in [1.807, 2.05) is 6.07 Å². The number of hydrogen-bond acceptors (Lipinski definition) is 3. The second kappa shape index (κ2) is 6.61. The van der Waals surface area contributed by atoms with E-state index in [9.17, 15) is 0 Å². The van der Waals surface area contributed by atoms with Gasteiger partial charge in [-0.1, -0.05) is 18.2 Å². The molecular formula is C8H11NO2. The molecule has 60 valence electrons. The van der Waals surface area contributed by atoms with Crippen molar-refractivity contribution in [1.82, 2.24) is 0 Å². The molecule has 0 bridgehead atoms. The standard InChI is InChI=1S/C6H6O.C2H5NO/c7-6-4-2-1-3-5-6;1-2-3-4/h1-5,7H;2,4H,1H3. The molecule has 3 nitrogen and oxygen atoms in total. The Kier molecular flexibility index (Phi) is 5.70. The van der Waals surface area contributed by atoms with Gasteiger partial charge < -0.3 is 10.3 Å². The van der Waals surface area contributed by atoms with Crippen LogP contribution in [0.2, 0.25) is 0 Å². The molecule has 0 saturated heterocycles. The molecule has 0 aromatic heterocycles. The summed E-state index contributed by atoms with van der Waals surface area (Å²) in [5, 5.41) is 18.7. The molecule has 1 aromatic carbocycles. The highest BCUT2D eigenvalue weighted by Gasteiger charge is 1.74. The minimum absolute atomic E-state index is 0.322. The van der Waals surface area contributed by atoms with E-state index < -0.39 is 0 Å². The molecule has 2 N–H and O–H groups in total. The van der Waals surface area contributed by atoms with E-state index >= 15 is 0 Å². The lowest BCUT2D eigenvalue weighted by molar-refractivity contribution is 0.321. The molecule has 0 atom stereocenters. The van der Waals surface area contributed by atoms with Gasteiger partial charge in [-0.15, -0.1) is 5.16 Å². The molecule has 0 amide bonds. The molecule has 0 aliphatic carbocycles. The van der Waals surface area contributed by atoms with Gasteiger partial charge in [0.2, 0.25) is 0 Å². The highest BCUT2D eigenvalue weighted by molar-refractivity contribution is 5.51. The molecule has 0 heterocycles. The van der Waals surface area contributed by atoms with Crippen LogP contribution in [0.15, 0.2) is 35.5 Å². The first-order valence-corrected chi connectivity index (χ1v) is 3.17. The molecule has 0 spiro atoms. The minimum atomic E-state index is 0.322. The van der Waals surface area contributed by atoms with Crippen LogP contribution in [0.4, 0.5) is 0 Å². The van der Waals surface area contributed by atoms with Crippen LogP contribution >= 0.6 is 0 Å². The first kappa shape index (κ1) is 9.49. The zero-order valence-corrected chi connectivity index (χ0v) is 6.31. The van der Waals surface area contributed by atoms with E-state index in [2.05, 4.69) is 5.16 Å². The maximum absolute atomic E-state index is 8.63. The van der Waals surface area contributed by atoms with Crippen LogP contribution in [-0.4, -0.2) is 16.5 Å². The number of aromatic hydroxyl groups is 1. The van der Waals surface area contributed by atoms with Crippen LogP contribution in [0.3, 0.4) is 0 Å². The average Bonchev–Trinajstić information content (AvgIpc) is 2.07. The molecule has 0 fully saturated rings. The van der Waals surface area contributed by atoms with Crippen molar-refractivity contribution in [3.05, 3.63) is 30.3 Å². The lowest BCUT2D eigenvalue weighted by atomic mass is 10.3. The van der Waals surface area contributed by atoms with Crippen molar-refractivity contribution < 1.29 is 10.3 Å².